The zero-order chi connectivity index (χ0) is 12.4. The van der Waals surface area contributed by atoms with Gasteiger partial charge in [-0.3, -0.25) is 4.90 Å². The lowest BCUT2D eigenvalue weighted by atomic mass is 10.0. The van der Waals surface area contributed by atoms with Crippen molar-refractivity contribution in [1.82, 2.24) is 10.2 Å². The van der Waals surface area contributed by atoms with Crippen LogP contribution in [0, 0.1) is 12.7 Å². The molecule has 0 aliphatic carbocycles. The van der Waals surface area contributed by atoms with E-state index in [-0.39, 0.29) is 36.7 Å². The summed E-state index contributed by atoms with van der Waals surface area (Å²) in [5.74, 6) is -0.202. The minimum Gasteiger partial charge on any atom is -0.314 e. The van der Waals surface area contributed by atoms with Gasteiger partial charge in [-0.15, -0.1) is 24.8 Å². The molecule has 6 heteroatoms. The van der Waals surface area contributed by atoms with E-state index in [1.165, 1.54) is 6.07 Å². The van der Waals surface area contributed by atoms with Crippen LogP contribution in [0.2, 0.25) is 5.02 Å². The first-order chi connectivity index (χ1) is 8.11. The van der Waals surface area contributed by atoms with E-state index in [4.69, 9.17) is 11.6 Å². The van der Waals surface area contributed by atoms with E-state index < -0.39 is 0 Å². The molecule has 0 bridgehead atoms. The van der Waals surface area contributed by atoms with E-state index in [0.29, 0.717) is 10.6 Å². The predicted octanol–water partition coefficient (Wildman–Crippen LogP) is 3.60. The summed E-state index contributed by atoms with van der Waals surface area (Å²) >= 11 is 6.23. The van der Waals surface area contributed by atoms with E-state index in [2.05, 4.69) is 10.2 Å². The molecule has 0 aromatic heterocycles. The maximum Gasteiger partial charge on any atom is 0.129 e. The number of aryl methyl sites for hydroxylation is 1. The van der Waals surface area contributed by atoms with Gasteiger partial charge in [-0.25, -0.2) is 4.39 Å². The third kappa shape index (κ3) is 4.20. The normalized spacial score (nSPS) is 17.3. The molecule has 1 aromatic carbocycles. The molecule has 0 spiro atoms. The van der Waals surface area contributed by atoms with Crippen molar-refractivity contribution in [1.29, 1.82) is 0 Å². The van der Waals surface area contributed by atoms with Crippen LogP contribution in [0.3, 0.4) is 0 Å². The summed E-state index contributed by atoms with van der Waals surface area (Å²) in [6.45, 7) is 7.71. The Balaban J connectivity index is 0.00000162. The Bertz CT molecular complexity index is 409. The molecular formula is C13H20Cl3FN2. The van der Waals surface area contributed by atoms with Gasteiger partial charge in [0.15, 0.2) is 0 Å². The van der Waals surface area contributed by atoms with Crippen molar-refractivity contribution >= 4 is 36.4 Å². The maximum atomic E-state index is 13.9. The number of benzene rings is 1. The Morgan fingerprint density at radius 3 is 2.42 bits per heavy atom. The average molecular weight is 330 g/mol. The molecule has 2 nitrogen and oxygen atoms in total. The second-order valence-electron chi connectivity index (χ2n) is 4.55. The molecule has 1 heterocycles. The Labute approximate surface area is 131 Å². The van der Waals surface area contributed by atoms with Crippen LogP contribution < -0.4 is 5.32 Å². The number of rotatable bonds is 2. The smallest absolute Gasteiger partial charge is 0.129 e. The third-order valence-electron chi connectivity index (χ3n) is 3.44. The highest BCUT2D eigenvalue weighted by atomic mass is 35.5. The lowest BCUT2D eigenvalue weighted by Crippen LogP contribution is -2.44. The molecule has 1 fully saturated rings. The van der Waals surface area contributed by atoms with Crippen LogP contribution in [0.25, 0.3) is 0 Å². The molecule has 110 valence electrons. The molecule has 1 aliphatic rings. The zero-order valence-corrected chi connectivity index (χ0v) is 13.5. The number of hydrogen-bond acceptors (Lipinski definition) is 2. The minimum atomic E-state index is -0.202. The lowest BCUT2D eigenvalue weighted by molar-refractivity contribution is 0.182. The maximum absolute atomic E-state index is 13.9. The fraction of sp³-hybridized carbons (Fsp3) is 0.538. The van der Waals surface area contributed by atoms with Crippen molar-refractivity contribution in [2.75, 3.05) is 26.2 Å². The van der Waals surface area contributed by atoms with Crippen LogP contribution in [0.4, 0.5) is 4.39 Å². The van der Waals surface area contributed by atoms with Gasteiger partial charge in [0.05, 0.1) is 5.02 Å². The van der Waals surface area contributed by atoms with Crippen LogP contribution in [0.15, 0.2) is 12.1 Å². The van der Waals surface area contributed by atoms with Crippen molar-refractivity contribution in [3.63, 3.8) is 0 Å². The van der Waals surface area contributed by atoms with Crippen LogP contribution in [0.1, 0.15) is 24.1 Å². The standard InChI is InChI=1S/C13H18ClFN2.2ClH/c1-9-3-4-11(15)12(13(9)14)10(2)17-7-5-16-6-8-17;;/h3-4,10,16H,5-8H2,1-2H3;2*1H/t10-;;/m1../s1. The molecule has 19 heavy (non-hydrogen) atoms. The number of hydrogen-bond donors (Lipinski definition) is 1. The fourth-order valence-electron chi connectivity index (χ4n) is 2.31. The second kappa shape index (κ2) is 8.28. The summed E-state index contributed by atoms with van der Waals surface area (Å²) in [5.41, 5.74) is 1.57. The van der Waals surface area contributed by atoms with Gasteiger partial charge >= 0.3 is 0 Å². The van der Waals surface area contributed by atoms with E-state index in [1.807, 2.05) is 13.8 Å². The first-order valence-corrected chi connectivity index (χ1v) is 6.38. The SMILES string of the molecule is Cc1ccc(F)c([C@@H](C)N2CCNCC2)c1Cl.Cl.Cl. The largest absolute Gasteiger partial charge is 0.314 e. The van der Waals surface area contributed by atoms with Gasteiger partial charge in [0.25, 0.3) is 0 Å². The first kappa shape index (κ1) is 18.9. The van der Waals surface area contributed by atoms with Gasteiger partial charge in [-0.05, 0) is 25.5 Å². The summed E-state index contributed by atoms with van der Waals surface area (Å²) < 4.78 is 13.9. The van der Waals surface area contributed by atoms with Crippen LogP contribution in [-0.4, -0.2) is 31.1 Å². The Morgan fingerprint density at radius 1 is 1.26 bits per heavy atom. The Hall–Kier alpha value is -0.0600. The molecule has 0 amide bonds. The van der Waals surface area contributed by atoms with Crippen molar-refractivity contribution in [3.05, 3.63) is 34.1 Å². The highest BCUT2D eigenvalue weighted by Crippen LogP contribution is 2.32. The summed E-state index contributed by atoms with van der Waals surface area (Å²) in [7, 11) is 0. The molecule has 0 radical (unpaired) electrons. The molecule has 1 atom stereocenters. The quantitative estimate of drug-likeness (QED) is 0.892. The van der Waals surface area contributed by atoms with E-state index in [9.17, 15) is 4.39 Å². The fourth-order valence-corrected chi connectivity index (χ4v) is 2.62. The number of piperazine rings is 1. The zero-order valence-electron chi connectivity index (χ0n) is 11.1. The van der Waals surface area contributed by atoms with Gasteiger partial charge in [0.2, 0.25) is 0 Å². The summed E-state index contributed by atoms with van der Waals surface area (Å²) in [4.78, 5) is 2.26. The number of nitrogens with zero attached hydrogens (tertiary/aromatic N) is 1. The highest BCUT2D eigenvalue weighted by molar-refractivity contribution is 6.32. The first-order valence-electron chi connectivity index (χ1n) is 6.00. The van der Waals surface area contributed by atoms with Gasteiger partial charge in [0, 0.05) is 37.8 Å². The molecule has 1 saturated heterocycles. The molecular weight excluding hydrogens is 310 g/mol. The van der Waals surface area contributed by atoms with Gasteiger partial charge < -0.3 is 5.32 Å². The molecule has 1 aromatic rings. The van der Waals surface area contributed by atoms with Crippen LogP contribution in [-0.2, 0) is 0 Å². The average Bonchev–Trinajstić information content (AvgIpc) is 2.35. The molecule has 0 unspecified atom stereocenters. The van der Waals surface area contributed by atoms with Gasteiger partial charge in [-0.2, -0.15) is 0 Å². The Kier molecular flexibility index (Phi) is 8.25. The number of halogens is 4. The summed E-state index contributed by atoms with van der Waals surface area (Å²) in [6.07, 6.45) is 0. The van der Waals surface area contributed by atoms with Crippen LogP contribution in [0.5, 0.6) is 0 Å². The van der Waals surface area contributed by atoms with E-state index in [1.54, 1.807) is 6.07 Å². The highest BCUT2D eigenvalue weighted by Gasteiger charge is 2.23. The predicted molar refractivity (Wildman–Crippen MR) is 83.5 cm³/mol. The topological polar surface area (TPSA) is 15.3 Å². The molecule has 0 saturated carbocycles. The third-order valence-corrected chi connectivity index (χ3v) is 3.94. The Morgan fingerprint density at radius 2 is 1.84 bits per heavy atom. The molecule has 2 rings (SSSR count). The van der Waals surface area contributed by atoms with Crippen molar-refractivity contribution in [3.8, 4) is 0 Å². The van der Waals surface area contributed by atoms with Crippen molar-refractivity contribution < 1.29 is 4.39 Å². The van der Waals surface area contributed by atoms with Crippen molar-refractivity contribution in [2.24, 2.45) is 0 Å². The monoisotopic (exact) mass is 328 g/mol. The van der Waals surface area contributed by atoms with Gasteiger partial charge in [-0.1, -0.05) is 17.7 Å². The van der Waals surface area contributed by atoms with Crippen molar-refractivity contribution in [2.45, 2.75) is 19.9 Å². The second-order valence-corrected chi connectivity index (χ2v) is 4.93. The van der Waals surface area contributed by atoms with Crippen LogP contribution >= 0.6 is 36.4 Å². The summed E-state index contributed by atoms with van der Waals surface area (Å²) in [6, 6.07) is 3.27. The van der Waals surface area contributed by atoms with Gasteiger partial charge in [0.1, 0.15) is 5.82 Å². The lowest BCUT2D eigenvalue weighted by Gasteiger charge is -2.33. The number of nitrogens with one attached hydrogen (secondary N) is 1. The minimum absolute atomic E-state index is 0. The molecule has 1 N–H and O–H groups in total. The van der Waals surface area contributed by atoms with E-state index in [0.717, 1.165) is 31.7 Å². The van der Waals surface area contributed by atoms with E-state index >= 15 is 0 Å². The molecule has 1 aliphatic heterocycles. The summed E-state index contributed by atoms with van der Waals surface area (Å²) in [5, 5.41) is 3.86.